The van der Waals surface area contributed by atoms with Gasteiger partial charge >= 0.3 is 7.05 Å². The lowest BCUT2D eigenvalue weighted by atomic mass is 9.81. The molecule has 0 spiro atoms. The Morgan fingerprint density at radius 3 is 2.67 bits per heavy atom. The zero-order chi connectivity index (χ0) is 15.6. The molecule has 4 nitrogen and oxygen atoms in total. The Balaban J connectivity index is 1.98. The van der Waals surface area contributed by atoms with Gasteiger partial charge in [0.05, 0.1) is 5.69 Å². The van der Waals surface area contributed by atoms with Crippen LogP contribution < -0.4 is 5.32 Å². The number of hydrogen-bond acceptors (Lipinski definition) is 3. The van der Waals surface area contributed by atoms with Gasteiger partial charge < -0.3 is 15.2 Å². The molecule has 1 saturated heterocycles. The highest BCUT2D eigenvalue weighted by Crippen LogP contribution is 2.30. The summed E-state index contributed by atoms with van der Waals surface area (Å²) >= 11 is 9.47. The van der Waals surface area contributed by atoms with Crippen molar-refractivity contribution in [2.75, 3.05) is 18.4 Å². The first-order chi connectivity index (χ1) is 9.88. The van der Waals surface area contributed by atoms with Crippen LogP contribution >= 0.6 is 27.5 Å². The maximum atomic E-state index is 12.3. The number of benzene rings is 1. The van der Waals surface area contributed by atoms with Crippen molar-refractivity contribution in [3.63, 3.8) is 0 Å². The fourth-order valence-electron chi connectivity index (χ4n) is 2.52. The summed E-state index contributed by atoms with van der Waals surface area (Å²) in [5, 5.41) is 13.2. The summed E-state index contributed by atoms with van der Waals surface area (Å²) in [4.78, 5) is 14.3. The number of aryl methyl sites for hydroxylation is 1. The van der Waals surface area contributed by atoms with E-state index in [0.717, 1.165) is 41.7 Å². The molecule has 2 rings (SSSR count). The molecule has 1 aliphatic heterocycles. The number of amides is 1. The number of halogens is 2. The molecule has 114 valence electrons. The second kappa shape index (κ2) is 7.14. The minimum Gasteiger partial charge on any atom is -0.437 e. The van der Waals surface area contributed by atoms with E-state index in [4.69, 9.17) is 11.6 Å². The van der Waals surface area contributed by atoms with Gasteiger partial charge in [-0.2, -0.15) is 0 Å². The third-order valence-electron chi connectivity index (χ3n) is 3.93. The van der Waals surface area contributed by atoms with Gasteiger partial charge in [-0.25, -0.2) is 0 Å². The van der Waals surface area contributed by atoms with Crippen molar-refractivity contribution in [1.82, 2.24) is 4.81 Å². The Labute approximate surface area is 139 Å². The zero-order valence-electron chi connectivity index (χ0n) is 12.2. The molecule has 1 aliphatic rings. The van der Waals surface area contributed by atoms with Gasteiger partial charge in [0.15, 0.2) is 0 Å². The van der Waals surface area contributed by atoms with Crippen LogP contribution in [0.1, 0.15) is 18.4 Å². The summed E-state index contributed by atoms with van der Waals surface area (Å²) < 4.78 is 0.785. The van der Waals surface area contributed by atoms with E-state index in [0.29, 0.717) is 5.02 Å². The van der Waals surface area contributed by atoms with Gasteiger partial charge in [0.2, 0.25) is 5.91 Å². The molecule has 21 heavy (non-hydrogen) atoms. The molecule has 0 aliphatic carbocycles. The number of carbonyl (C=O) groups is 1. The van der Waals surface area contributed by atoms with Crippen LogP contribution in [-0.4, -0.2) is 35.9 Å². The summed E-state index contributed by atoms with van der Waals surface area (Å²) in [6.45, 7) is 5.16. The number of carbonyl (C=O) groups excluding carboxylic acids is 1. The van der Waals surface area contributed by atoms with Gasteiger partial charge in [-0.3, -0.25) is 4.79 Å². The predicted molar refractivity (Wildman–Crippen MR) is 90.7 cm³/mol. The van der Waals surface area contributed by atoms with Crippen molar-refractivity contribution in [3.05, 3.63) is 27.2 Å². The summed E-state index contributed by atoms with van der Waals surface area (Å²) in [5.41, 5.74) is 1.68. The maximum Gasteiger partial charge on any atom is 0.376 e. The molecule has 1 aromatic rings. The lowest BCUT2D eigenvalue weighted by Gasteiger charge is -2.31. The fraction of sp³-hybridized carbons (Fsp3) is 0.500. The number of hydrogen-bond donors (Lipinski definition) is 2. The van der Waals surface area contributed by atoms with Crippen LogP contribution in [0.2, 0.25) is 11.8 Å². The largest absolute Gasteiger partial charge is 0.437 e. The molecule has 0 bridgehead atoms. The third kappa shape index (κ3) is 4.22. The summed E-state index contributed by atoms with van der Waals surface area (Å²) in [6.07, 6.45) is 1.53. The molecule has 1 heterocycles. The number of rotatable bonds is 3. The average molecular weight is 373 g/mol. The zero-order valence-corrected chi connectivity index (χ0v) is 14.5. The second-order valence-electron chi connectivity index (χ2n) is 5.51. The topological polar surface area (TPSA) is 52.6 Å². The van der Waals surface area contributed by atoms with E-state index >= 15 is 0 Å². The SMILES string of the molecule is CB(O)N1CCC(C(=O)Nc2cc(C)c(Cl)cc2Br)CC1. The van der Waals surface area contributed by atoms with E-state index in [1.807, 2.05) is 17.8 Å². The van der Waals surface area contributed by atoms with Gasteiger partial charge in [-0.05, 0) is 73.3 Å². The molecule has 0 aromatic heterocycles. The van der Waals surface area contributed by atoms with Crippen LogP contribution in [-0.2, 0) is 4.79 Å². The quantitative estimate of drug-likeness (QED) is 0.800. The van der Waals surface area contributed by atoms with E-state index in [9.17, 15) is 9.82 Å². The van der Waals surface area contributed by atoms with E-state index in [2.05, 4.69) is 21.2 Å². The third-order valence-corrected chi connectivity index (χ3v) is 5.00. The van der Waals surface area contributed by atoms with Crippen molar-refractivity contribution < 1.29 is 9.82 Å². The van der Waals surface area contributed by atoms with Crippen LogP contribution in [0.5, 0.6) is 0 Å². The van der Waals surface area contributed by atoms with Crippen molar-refractivity contribution in [1.29, 1.82) is 0 Å². The molecule has 1 aromatic carbocycles. The number of anilines is 1. The highest BCUT2D eigenvalue weighted by Gasteiger charge is 2.28. The Morgan fingerprint density at radius 2 is 2.10 bits per heavy atom. The molecule has 1 fully saturated rings. The number of nitrogens with zero attached hydrogens (tertiary/aromatic N) is 1. The first-order valence-electron chi connectivity index (χ1n) is 7.07. The van der Waals surface area contributed by atoms with Crippen LogP contribution in [0.25, 0.3) is 0 Å². The normalized spacial score (nSPS) is 16.8. The Hall–Kier alpha value is -0.555. The average Bonchev–Trinajstić information content (AvgIpc) is 2.44. The fourth-order valence-corrected chi connectivity index (χ4v) is 3.26. The lowest BCUT2D eigenvalue weighted by Crippen LogP contribution is -2.45. The Morgan fingerprint density at radius 1 is 1.48 bits per heavy atom. The predicted octanol–water partition coefficient (Wildman–Crippen LogP) is 3.17. The second-order valence-corrected chi connectivity index (χ2v) is 6.77. The molecule has 7 heteroatoms. The van der Waals surface area contributed by atoms with Crippen LogP contribution in [0.15, 0.2) is 16.6 Å². The van der Waals surface area contributed by atoms with Crippen molar-refractivity contribution in [3.8, 4) is 0 Å². The Kier molecular flexibility index (Phi) is 5.71. The summed E-state index contributed by atoms with van der Waals surface area (Å²) in [5.74, 6) is 0.0190. The molecule has 0 atom stereocenters. The number of piperidine rings is 1. The van der Waals surface area contributed by atoms with Crippen molar-refractivity contribution >= 4 is 46.2 Å². The van der Waals surface area contributed by atoms with Gasteiger partial charge in [-0.15, -0.1) is 0 Å². The van der Waals surface area contributed by atoms with E-state index in [1.165, 1.54) is 0 Å². The standard InChI is InChI=1S/C14H19BBrClN2O2/c1-9-7-13(11(16)8-12(9)17)18-14(20)10-3-5-19(6-4-10)15(2)21/h7-8,10,21H,3-6H2,1-2H3,(H,18,20). The molecular formula is C14H19BBrClN2O2. The molecule has 0 radical (unpaired) electrons. The van der Waals surface area contributed by atoms with Crippen molar-refractivity contribution in [2.24, 2.45) is 5.92 Å². The first kappa shape index (κ1) is 16.8. The van der Waals surface area contributed by atoms with E-state index in [1.54, 1.807) is 12.9 Å². The highest BCUT2D eigenvalue weighted by molar-refractivity contribution is 9.10. The van der Waals surface area contributed by atoms with Crippen molar-refractivity contribution in [2.45, 2.75) is 26.6 Å². The minimum atomic E-state index is -0.443. The smallest absolute Gasteiger partial charge is 0.376 e. The van der Waals surface area contributed by atoms with Gasteiger partial charge in [0.25, 0.3) is 0 Å². The number of nitrogens with one attached hydrogen (secondary N) is 1. The van der Waals surface area contributed by atoms with Crippen LogP contribution in [0.3, 0.4) is 0 Å². The summed E-state index contributed by atoms with van der Waals surface area (Å²) in [6, 6.07) is 3.66. The van der Waals surface area contributed by atoms with Crippen LogP contribution in [0.4, 0.5) is 5.69 Å². The molecule has 1 amide bonds. The molecular weight excluding hydrogens is 354 g/mol. The highest BCUT2D eigenvalue weighted by atomic mass is 79.9. The van der Waals surface area contributed by atoms with Gasteiger partial charge in [-0.1, -0.05) is 11.6 Å². The van der Waals surface area contributed by atoms with E-state index < -0.39 is 7.05 Å². The Bertz CT molecular complexity index is 534. The monoisotopic (exact) mass is 372 g/mol. The van der Waals surface area contributed by atoms with Gasteiger partial charge in [0.1, 0.15) is 0 Å². The minimum absolute atomic E-state index is 0.0112. The lowest BCUT2D eigenvalue weighted by molar-refractivity contribution is -0.121. The van der Waals surface area contributed by atoms with Crippen LogP contribution in [0, 0.1) is 12.8 Å². The van der Waals surface area contributed by atoms with E-state index in [-0.39, 0.29) is 11.8 Å². The maximum absolute atomic E-state index is 12.3. The first-order valence-corrected chi connectivity index (χ1v) is 8.24. The summed E-state index contributed by atoms with van der Waals surface area (Å²) in [7, 11) is -0.443. The molecule has 0 unspecified atom stereocenters. The molecule has 0 saturated carbocycles. The van der Waals surface area contributed by atoms with Gasteiger partial charge in [0, 0.05) is 15.4 Å². The molecule has 2 N–H and O–H groups in total.